The largest absolute Gasteiger partial charge is 0.493 e. The highest BCUT2D eigenvalue weighted by Gasteiger charge is 2.34. The van der Waals surface area contributed by atoms with E-state index < -0.39 is 0 Å². The van der Waals surface area contributed by atoms with Crippen molar-refractivity contribution in [3.63, 3.8) is 0 Å². The molecule has 116 valence electrons. The van der Waals surface area contributed by atoms with E-state index in [1.54, 1.807) is 14.2 Å². The second-order valence-electron chi connectivity index (χ2n) is 5.93. The number of hydrogen-bond acceptors (Lipinski definition) is 4. The van der Waals surface area contributed by atoms with Crippen LogP contribution in [0.3, 0.4) is 0 Å². The van der Waals surface area contributed by atoms with Crippen LogP contribution >= 0.6 is 11.6 Å². The predicted molar refractivity (Wildman–Crippen MR) is 84.3 cm³/mol. The molecule has 1 aromatic rings. The Hall–Kier alpha value is -0.970. The number of methoxy groups -OCH3 is 2. The van der Waals surface area contributed by atoms with Crippen molar-refractivity contribution in [3.8, 4) is 11.5 Å². The molecule has 1 aromatic carbocycles. The van der Waals surface area contributed by atoms with Crippen LogP contribution in [0.15, 0.2) is 12.1 Å². The van der Waals surface area contributed by atoms with Gasteiger partial charge in [-0.2, -0.15) is 0 Å². The van der Waals surface area contributed by atoms with E-state index in [1.807, 2.05) is 12.1 Å². The number of likely N-dealkylation sites (tertiary alicyclic amines) is 1. The number of nitrogens with one attached hydrogen (secondary N) is 1. The van der Waals surface area contributed by atoms with Crippen molar-refractivity contribution in [1.82, 2.24) is 10.2 Å². The van der Waals surface area contributed by atoms with E-state index in [4.69, 9.17) is 21.1 Å². The summed E-state index contributed by atoms with van der Waals surface area (Å²) in [5, 5.41) is 4.30. The van der Waals surface area contributed by atoms with Gasteiger partial charge < -0.3 is 14.8 Å². The molecule has 2 fully saturated rings. The van der Waals surface area contributed by atoms with Crippen LogP contribution in [0.4, 0.5) is 0 Å². The summed E-state index contributed by atoms with van der Waals surface area (Å²) in [5.41, 5.74) is 1.10. The lowest BCUT2D eigenvalue weighted by atomic mass is 9.94. The molecule has 2 aliphatic heterocycles. The van der Waals surface area contributed by atoms with E-state index in [2.05, 4.69) is 10.2 Å². The molecule has 1 N–H and O–H groups in total. The highest BCUT2D eigenvalue weighted by atomic mass is 35.5. The Kier molecular flexibility index (Phi) is 4.57. The Bertz CT molecular complexity index is 495. The maximum absolute atomic E-state index is 6.48. The van der Waals surface area contributed by atoms with Crippen LogP contribution in [-0.4, -0.2) is 44.8 Å². The molecule has 0 aromatic heterocycles. The van der Waals surface area contributed by atoms with Crippen molar-refractivity contribution >= 4 is 11.6 Å². The van der Waals surface area contributed by atoms with Crippen LogP contribution < -0.4 is 14.8 Å². The molecule has 0 aliphatic carbocycles. The van der Waals surface area contributed by atoms with Gasteiger partial charge in [0.25, 0.3) is 0 Å². The molecule has 2 heterocycles. The summed E-state index contributed by atoms with van der Waals surface area (Å²) in [6, 6.07) is 4.62. The average molecular weight is 311 g/mol. The lowest BCUT2D eigenvalue weighted by Gasteiger charge is -2.24. The first-order valence-corrected chi connectivity index (χ1v) is 7.95. The standard InChI is InChI=1S/C16H23ClN2O2/c1-20-14-6-5-12(15(17)16(14)21-2)9-19-8-11-4-3-7-18-13(11)10-19/h5-6,11,13,18H,3-4,7-10H2,1-2H3/t11-,13+/m0/s1. The zero-order valence-corrected chi connectivity index (χ0v) is 13.4. The summed E-state index contributed by atoms with van der Waals surface area (Å²) in [4.78, 5) is 2.49. The Morgan fingerprint density at radius 1 is 1.29 bits per heavy atom. The SMILES string of the molecule is COc1ccc(CN2C[C@@H]3CCCN[C@@H]3C2)c(Cl)c1OC. The number of rotatable bonds is 4. The maximum atomic E-state index is 6.48. The van der Waals surface area contributed by atoms with Gasteiger partial charge in [0.1, 0.15) is 0 Å². The van der Waals surface area contributed by atoms with Crippen molar-refractivity contribution in [2.45, 2.75) is 25.4 Å². The smallest absolute Gasteiger partial charge is 0.179 e. The molecule has 0 amide bonds. The normalized spacial score (nSPS) is 25.7. The fourth-order valence-corrected chi connectivity index (χ4v) is 3.85. The van der Waals surface area contributed by atoms with E-state index >= 15 is 0 Å². The minimum absolute atomic E-state index is 0.631. The average Bonchev–Trinajstić information content (AvgIpc) is 2.91. The fraction of sp³-hybridized carbons (Fsp3) is 0.625. The summed E-state index contributed by atoms with van der Waals surface area (Å²) in [7, 11) is 3.26. The molecule has 0 bridgehead atoms. The van der Waals surface area contributed by atoms with Crippen LogP contribution in [0.25, 0.3) is 0 Å². The monoisotopic (exact) mass is 310 g/mol. The molecule has 3 rings (SSSR count). The molecule has 0 spiro atoms. The van der Waals surface area contributed by atoms with Crippen molar-refractivity contribution in [2.24, 2.45) is 5.92 Å². The van der Waals surface area contributed by atoms with Gasteiger partial charge in [0, 0.05) is 25.7 Å². The summed E-state index contributed by atoms with van der Waals surface area (Å²) < 4.78 is 10.7. The highest BCUT2D eigenvalue weighted by molar-refractivity contribution is 6.33. The minimum Gasteiger partial charge on any atom is -0.493 e. The first kappa shape index (κ1) is 14.9. The van der Waals surface area contributed by atoms with Crippen molar-refractivity contribution in [1.29, 1.82) is 0 Å². The molecule has 0 saturated carbocycles. The van der Waals surface area contributed by atoms with E-state index in [1.165, 1.54) is 12.8 Å². The Morgan fingerprint density at radius 3 is 2.86 bits per heavy atom. The molecule has 5 heteroatoms. The fourth-order valence-electron chi connectivity index (χ4n) is 3.56. The lowest BCUT2D eigenvalue weighted by Crippen LogP contribution is -2.40. The summed E-state index contributed by atoms with van der Waals surface area (Å²) in [6.07, 6.45) is 2.64. The van der Waals surface area contributed by atoms with E-state index in [0.717, 1.165) is 37.7 Å². The molecular formula is C16H23ClN2O2. The minimum atomic E-state index is 0.631. The zero-order chi connectivity index (χ0) is 14.8. The van der Waals surface area contributed by atoms with Crippen LogP contribution in [-0.2, 0) is 6.54 Å². The van der Waals surface area contributed by atoms with Gasteiger partial charge in [-0.25, -0.2) is 0 Å². The molecule has 2 aliphatic rings. The topological polar surface area (TPSA) is 33.7 Å². The second-order valence-corrected chi connectivity index (χ2v) is 6.31. The number of ether oxygens (including phenoxy) is 2. The number of fused-ring (bicyclic) bond motifs is 1. The highest BCUT2D eigenvalue weighted by Crippen LogP contribution is 2.38. The third kappa shape index (κ3) is 2.98. The Balaban J connectivity index is 1.73. The first-order valence-electron chi connectivity index (χ1n) is 7.58. The maximum Gasteiger partial charge on any atom is 0.179 e. The van der Waals surface area contributed by atoms with Crippen LogP contribution in [0.1, 0.15) is 18.4 Å². The number of benzene rings is 1. The number of nitrogens with zero attached hydrogens (tertiary/aromatic N) is 1. The van der Waals surface area contributed by atoms with E-state index in [0.29, 0.717) is 22.6 Å². The Labute approximate surface area is 131 Å². The molecule has 0 unspecified atom stereocenters. The molecule has 21 heavy (non-hydrogen) atoms. The van der Waals surface area contributed by atoms with Crippen LogP contribution in [0.5, 0.6) is 11.5 Å². The summed E-state index contributed by atoms with van der Waals surface area (Å²) in [6.45, 7) is 4.29. The van der Waals surface area contributed by atoms with Crippen molar-refractivity contribution < 1.29 is 9.47 Å². The van der Waals surface area contributed by atoms with Gasteiger partial charge in [-0.15, -0.1) is 0 Å². The number of hydrogen-bond donors (Lipinski definition) is 1. The van der Waals surface area contributed by atoms with Gasteiger partial charge >= 0.3 is 0 Å². The van der Waals surface area contributed by atoms with Gasteiger partial charge in [-0.3, -0.25) is 4.90 Å². The third-order valence-corrected chi connectivity index (χ3v) is 5.05. The van der Waals surface area contributed by atoms with E-state index in [-0.39, 0.29) is 0 Å². The quantitative estimate of drug-likeness (QED) is 0.926. The van der Waals surface area contributed by atoms with Crippen molar-refractivity contribution in [2.75, 3.05) is 33.9 Å². The van der Waals surface area contributed by atoms with Crippen molar-refractivity contribution in [3.05, 3.63) is 22.7 Å². The zero-order valence-electron chi connectivity index (χ0n) is 12.7. The molecule has 2 saturated heterocycles. The van der Waals surface area contributed by atoms with Gasteiger partial charge in [0.05, 0.1) is 19.2 Å². The van der Waals surface area contributed by atoms with Crippen LogP contribution in [0.2, 0.25) is 5.02 Å². The first-order chi connectivity index (χ1) is 10.2. The van der Waals surface area contributed by atoms with Gasteiger partial charge in [-0.1, -0.05) is 17.7 Å². The molecule has 4 nitrogen and oxygen atoms in total. The Morgan fingerprint density at radius 2 is 2.14 bits per heavy atom. The predicted octanol–water partition coefficient (Wildman–Crippen LogP) is 2.54. The summed E-state index contributed by atoms with van der Waals surface area (Å²) >= 11 is 6.48. The van der Waals surface area contributed by atoms with E-state index in [9.17, 15) is 0 Å². The van der Waals surface area contributed by atoms with Gasteiger partial charge in [0.15, 0.2) is 11.5 Å². The lowest BCUT2D eigenvalue weighted by molar-refractivity contribution is 0.311. The number of halogens is 1. The molecular weight excluding hydrogens is 288 g/mol. The summed E-state index contributed by atoms with van der Waals surface area (Å²) in [5.74, 6) is 2.10. The molecule has 2 atom stereocenters. The van der Waals surface area contributed by atoms with Gasteiger partial charge in [-0.05, 0) is 36.9 Å². The third-order valence-electron chi connectivity index (χ3n) is 4.63. The second kappa shape index (κ2) is 6.42. The number of piperidine rings is 1. The molecule has 0 radical (unpaired) electrons. The van der Waals surface area contributed by atoms with Crippen LogP contribution in [0, 0.1) is 5.92 Å². The van der Waals surface area contributed by atoms with Gasteiger partial charge in [0.2, 0.25) is 0 Å².